The van der Waals surface area contributed by atoms with Crippen LogP contribution in [0.3, 0.4) is 0 Å². The summed E-state index contributed by atoms with van der Waals surface area (Å²) in [7, 11) is 0. The van der Waals surface area contributed by atoms with Crippen LogP contribution in [0, 0.1) is 29.6 Å². The van der Waals surface area contributed by atoms with Crippen molar-refractivity contribution >= 4 is 0 Å². The molecule has 0 heterocycles. The van der Waals surface area contributed by atoms with E-state index in [0.717, 1.165) is 36.8 Å². The Balaban J connectivity index is 5.01. The minimum absolute atomic E-state index is 0.0188. The first-order chi connectivity index (χ1) is 15.7. The fraction of sp³-hybridized carbons (Fsp3) is 0.562. The molecule has 34 heavy (non-hydrogen) atoms. The maximum Gasteiger partial charge on any atom is 0.130 e. The van der Waals surface area contributed by atoms with Crippen LogP contribution in [-0.2, 0) is 0 Å². The molecular formula is C32H50F2. The average Bonchev–Trinajstić information content (AvgIpc) is 2.77. The molecule has 2 heteroatoms. The second-order valence-electron chi connectivity index (χ2n) is 10.9. The van der Waals surface area contributed by atoms with Gasteiger partial charge in [-0.2, -0.15) is 0 Å². The first-order valence-electron chi connectivity index (χ1n) is 12.8. The number of halogens is 2. The Kier molecular flexibility index (Phi) is 14.9. The Bertz CT molecular complexity index is 801. The molecule has 0 nitrogen and oxygen atoms in total. The molecule has 0 amide bonds. The lowest BCUT2D eigenvalue weighted by atomic mass is 9.90. The van der Waals surface area contributed by atoms with E-state index in [9.17, 15) is 8.78 Å². The van der Waals surface area contributed by atoms with Crippen LogP contribution in [0.2, 0.25) is 0 Å². The van der Waals surface area contributed by atoms with Crippen molar-refractivity contribution in [1.82, 2.24) is 0 Å². The maximum absolute atomic E-state index is 14.8. The van der Waals surface area contributed by atoms with Gasteiger partial charge in [0.1, 0.15) is 11.7 Å². The summed E-state index contributed by atoms with van der Waals surface area (Å²) in [6, 6.07) is 0. The first kappa shape index (κ1) is 32.0. The summed E-state index contributed by atoms with van der Waals surface area (Å²) in [5.74, 6) is 0.925. The molecule has 0 fully saturated rings. The van der Waals surface area contributed by atoms with Crippen LogP contribution in [-0.4, -0.2) is 0 Å². The first-order valence-corrected chi connectivity index (χ1v) is 12.8. The Hall–Kier alpha value is -1.96. The van der Waals surface area contributed by atoms with Crippen LogP contribution in [0.4, 0.5) is 8.78 Å². The molecule has 192 valence electrons. The van der Waals surface area contributed by atoms with Crippen LogP contribution in [0.15, 0.2) is 84.1 Å². The standard InChI is InChI=1S/C32H50F2/c1-21(2)13-15-23(5)27(9)19-32(34)30(12)26(8)18-17-24(6)28(10)20-31(33)29(11)25(7)16-14-22(3)4/h18-25H,9-17H2,1-8H3/b26-18+,31-20+,32-19+. The van der Waals surface area contributed by atoms with Crippen LogP contribution in [0.25, 0.3) is 0 Å². The van der Waals surface area contributed by atoms with E-state index in [1.807, 2.05) is 26.8 Å². The summed E-state index contributed by atoms with van der Waals surface area (Å²) < 4.78 is 29.5. The molecule has 0 aliphatic heterocycles. The largest absolute Gasteiger partial charge is 0.207 e. The van der Waals surface area contributed by atoms with Gasteiger partial charge in [0.2, 0.25) is 0 Å². The highest BCUT2D eigenvalue weighted by Gasteiger charge is 2.14. The molecule has 0 aliphatic rings. The third-order valence-corrected chi connectivity index (χ3v) is 6.69. The van der Waals surface area contributed by atoms with E-state index in [4.69, 9.17) is 0 Å². The number of rotatable bonds is 16. The van der Waals surface area contributed by atoms with Gasteiger partial charge in [-0.3, -0.25) is 0 Å². The zero-order chi connectivity index (χ0) is 26.6. The van der Waals surface area contributed by atoms with Crippen molar-refractivity contribution in [2.24, 2.45) is 29.6 Å². The lowest BCUT2D eigenvalue weighted by Gasteiger charge is -2.16. The Morgan fingerprint density at radius 2 is 1.09 bits per heavy atom. The minimum atomic E-state index is -0.348. The lowest BCUT2D eigenvalue weighted by Crippen LogP contribution is -2.03. The van der Waals surface area contributed by atoms with Crippen LogP contribution >= 0.6 is 0 Å². The summed E-state index contributed by atoms with van der Waals surface area (Å²) in [6.07, 6.45) is 9.64. The third kappa shape index (κ3) is 12.5. The molecule has 0 aromatic heterocycles. The molecule has 0 aromatic rings. The van der Waals surface area contributed by atoms with Crippen LogP contribution in [0.5, 0.6) is 0 Å². The number of hydrogen-bond donors (Lipinski definition) is 0. The van der Waals surface area contributed by atoms with Gasteiger partial charge in [0.25, 0.3) is 0 Å². The summed E-state index contributed by atoms with van der Waals surface area (Å²) in [6.45, 7) is 32.6. The number of allylic oxidation sites excluding steroid dienone is 10. The highest BCUT2D eigenvalue weighted by Crippen LogP contribution is 2.29. The molecule has 0 aromatic carbocycles. The van der Waals surface area contributed by atoms with Crippen molar-refractivity contribution in [2.45, 2.75) is 87.5 Å². The SMILES string of the molecule is C=C(/C(C)=C/CC(C)C(=C)/C=C(/F)C(=C)C(C)CCC(C)C)/C(F)=C\C(=C)C(C)CCC(C)C. The maximum atomic E-state index is 14.8. The Labute approximate surface area is 210 Å². The normalized spacial score (nSPS) is 15.9. The molecule has 0 N–H and O–H groups in total. The summed E-state index contributed by atoms with van der Waals surface area (Å²) >= 11 is 0. The van der Waals surface area contributed by atoms with Gasteiger partial charge in [-0.05, 0) is 90.2 Å². The van der Waals surface area contributed by atoms with Crippen molar-refractivity contribution in [2.75, 3.05) is 0 Å². The van der Waals surface area contributed by atoms with E-state index in [1.165, 1.54) is 12.2 Å². The highest BCUT2D eigenvalue weighted by atomic mass is 19.1. The van der Waals surface area contributed by atoms with Gasteiger partial charge in [-0.25, -0.2) is 8.78 Å². The lowest BCUT2D eigenvalue weighted by molar-refractivity contribution is 0.478. The summed E-state index contributed by atoms with van der Waals surface area (Å²) in [5.41, 5.74) is 3.16. The van der Waals surface area contributed by atoms with E-state index in [-0.39, 0.29) is 29.4 Å². The molecule has 0 bridgehead atoms. The van der Waals surface area contributed by atoms with Crippen molar-refractivity contribution in [1.29, 1.82) is 0 Å². The van der Waals surface area contributed by atoms with Gasteiger partial charge in [-0.1, -0.05) is 93.7 Å². The summed E-state index contributed by atoms with van der Waals surface area (Å²) in [5, 5.41) is 0. The van der Waals surface area contributed by atoms with Crippen molar-refractivity contribution in [3.8, 4) is 0 Å². The Morgan fingerprint density at radius 1 is 0.647 bits per heavy atom. The zero-order valence-electron chi connectivity index (χ0n) is 23.2. The predicted molar refractivity (Wildman–Crippen MR) is 149 cm³/mol. The van der Waals surface area contributed by atoms with Crippen molar-refractivity contribution < 1.29 is 8.78 Å². The smallest absolute Gasteiger partial charge is 0.130 e. The van der Waals surface area contributed by atoms with Gasteiger partial charge in [0, 0.05) is 5.57 Å². The van der Waals surface area contributed by atoms with Crippen molar-refractivity contribution in [3.63, 3.8) is 0 Å². The van der Waals surface area contributed by atoms with Gasteiger partial charge in [0.15, 0.2) is 0 Å². The minimum Gasteiger partial charge on any atom is -0.207 e. The average molecular weight is 473 g/mol. The van der Waals surface area contributed by atoms with E-state index in [2.05, 4.69) is 60.9 Å². The van der Waals surface area contributed by atoms with Gasteiger partial charge in [-0.15, -0.1) is 0 Å². The van der Waals surface area contributed by atoms with Crippen LogP contribution < -0.4 is 0 Å². The second-order valence-corrected chi connectivity index (χ2v) is 10.9. The van der Waals surface area contributed by atoms with E-state index in [0.29, 0.717) is 35.0 Å². The topological polar surface area (TPSA) is 0 Å². The van der Waals surface area contributed by atoms with Gasteiger partial charge < -0.3 is 0 Å². The third-order valence-electron chi connectivity index (χ3n) is 6.69. The van der Waals surface area contributed by atoms with E-state index < -0.39 is 0 Å². The molecule has 0 saturated carbocycles. The molecule has 0 saturated heterocycles. The van der Waals surface area contributed by atoms with Gasteiger partial charge >= 0.3 is 0 Å². The fourth-order valence-corrected chi connectivity index (χ4v) is 3.37. The molecule has 0 spiro atoms. The second kappa shape index (κ2) is 15.8. The number of hydrogen-bond acceptors (Lipinski definition) is 0. The molecule has 0 radical (unpaired) electrons. The zero-order valence-corrected chi connectivity index (χ0v) is 23.2. The van der Waals surface area contributed by atoms with Gasteiger partial charge in [0.05, 0.1) is 0 Å². The van der Waals surface area contributed by atoms with E-state index in [1.54, 1.807) is 0 Å². The highest BCUT2D eigenvalue weighted by molar-refractivity contribution is 5.43. The Morgan fingerprint density at radius 3 is 1.59 bits per heavy atom. The van der Waals surface area contributed by atoms with E-state index >= 15 is 0 Å². The molecule has 0 rings (SSSR count). The van der Waals surface area contributed by atoms with Crippen LogP contribution in [0.1, 0.15) is 87.5 Å². The predicted octanol–water partition coefficient (Wildman–Crippen LogP) is 11.0. The molecule has 3 atom stereocenters. The fourth-order valence-electron chi connectivity index (χ4n) is 3.37. The molecule has 0 aliphatic carbocycles. The van der Waals surface area contributed by atoms with Crippen molar-refractivity contribution in [3.05, 3.63) is 84.1 Å². The monoisotopic (exact) mass is 472 g/mol. The molecular weight excluding hydrogens is 422 g/mol. The quantitative estimate of drug-likeness (QED) is 0.196. The summed E-state index contributed by atoms with van der Waals surface area (Å²) in [4.78, 5) is 0. The molecule has 3 unspecified atom stereocenters.